The van der Waals surface area contributed by atoms with Crippen LogP contribution in [-0.2, 0) is 9.59 Å². The van der Waals surface area contributed by atoms with Gasteiger partial charge in [-0.05, 0) is 36.8 Å². The summed E-state index contributed by atoms with van der Waals surface area (Å²) in [6.07, 6.45) is 3.83. The first kappa shape index (κ1) is 11.8. The van der Waals surface area contributed by atoms with Gasteiger partial charge in [0.1, 0.15) is 0 Å². The quantitative estimate of drug-likeness (QED) is 0.727. The van der Waals surface area contributed by atoms with E-state index in [0.29, 0.717) is 0 Å². The number of carbonyl (C=O) groups excluding carboxylic acids is 2. The molecule has 0 atom stereocenters. The van der Waals surface area contributed by atoms with E-state index in [1.165, 1.54) is 5.56 Å². The Balaban J connectivity index is 0.000000386. The lowest BCUT2D eigenvalue weighted by Crippen LogP contribution is -1.86. The second-order valence-electron chi connectivity index (χ2n) is 3.02. The van der Waals surface area contributed by atoms with Gasteiger partial charge in [0.2, 0.25) is 0 Å². The van der Waals surface area contributed by atoms with Gasteiger partial charge in [-0.2, -0.15) is 9.59 Å². The van der Waals surface area contributed by atoms with Crippen LogP contribution in [0.2, 0.25) is 0 Å². The predicted octanol–water partition coefficient (Wildman–Crippen LogP) is 1.87. The zero-order valence-corrected chi connectivity index (χ0v) is 8.75. The van der Waals surface area contributed by atoms with Crippen molar-refractivity contribution in [1.29, 1.82) is 0 Å². The van der Waals surface area contributed by atoms with E-state index >= 15 is 0 Å². The van der Waals surface area contributed by atoms with Gasteiger partial charge in [0.05, 0.1) is 11.4 Å². The maximum atomic E-state index is 8.12. The summed E-state index contributed by atoms with van der Waals surface area (Å²) < 4.78 is 0. The standard InChI is InChI=1S/C11H10N2.CO2/c1-9-5-7-13-11(8-9)10-4-2-3-6-12-10;2-1-3/h2-8H,1H3;. The number of nitrogens with zero attached hydrogens (tertiary/aromatic N) is 2. The van der Waals surface area contributed by atoms with Crippen LogP contribution in [0.1, 0.15) is 5.56 Å². The predicted molar refractivity (Wildman–Crippen MR) is 57.2 cm³/mol. The molecule has 2 aromatic rings. The number of rotatable bonds is 1. The summed E-state index contributed by atoms with van der Waals surface area (Å²) in [6, 6.07) is 9.84. The molecule has 0 aliphatic rings. The third-order valence-corrected chi connectivity index (χ3v) is 1.84. The van der Waals surface area contributed by atoms with E-state index in [4.69, 9.17) is 9.59 Å². The van der Waals surface area contributed by atoms with Crippen LogP contribution in [0, 0.1) is 6.92 Å². The van der Waals surface area contributed by atoms with E-state index in [1.807, 2.05) is 37.3 Å². The Morgan fingerprint density at radius 1 is 1.00 bits per heavy atom. The number of aromatic nitrogens is 2. The molecule has 0 saturated heterocycles. The Labute approximate surface area is 93.0 Å². The maximum Gasteiger partial charge on any atom is 0.373 e. The van der Waals surface area contributed by atoms with E-state index in [1.54, 1.807) is 12.4 Å². The second-order valence-corrected chi connectivity index (χ2v) is 3.02. The van der Waals surface area contributed by atoms with Gasteiger partial charge in [-0.1, -0.05) is 6.07 Å². The lowest BCUT2D eigenvalue weighted by Gasteiger charge is -1.99. The molecular formula is C12H10N2O2. The second kappa shape index (κ2) is 6.22. The summed E-state index contributed by atoms with van der Waals surface area (Å²) >= 11 is 0. The van der Waals surface area contributed by atoms with Gasteiger partial charge in [-0.15, -0.1) is 0 Å². The van der Waals surface area contributed by atoms with Gasteiger partial charge in [0.15, 0.2) is 0 Å². The minimum absolute atomic E-state index is 0.250. The molecule has 0 spiro atoms. The molecule has 0 bridgehead atoms. The van der Waals surface area contributed by atoms with Gasteiger partial charge >= 0.3 is 6.15 Å². The Morgan fingerprint density at radius 2 is 1.69 bits per heavy atom. The Bertz CT molecular complexity index is 477. The molecule has 0 aliphatic heterocycles. The van der Waals surface area contributed by atoms with Crippen LogP contribution in [0.5, 0.6) is 0 Å². The van der Waals surface area contributed by atoms with Crippen molar-refractivity contribution < 1.29 is 9.59 Å². The van der Waals surface area contributed by atoms with Crippen LogP contribution < -0.4 is 0 Å². The number of pyridine rings is 2. The number of aryl methyl sites for hydroxylation is 1. The van der Waals surface area contributed by atoms with Crippen molar-refractivity contribution in [1.82, 2.24) is 9.97 Å². The van der Waals surface area contributed by atoms with Crippen molar-refractivity contribution in [2.45, 2.75) is 6.92 Å². The third kappa shape index (κ3) is 3.44. The SMILES string of the molecule is Cc1ccnc(-c2ccccn2)c1.O=C=O. The van der Waals surface area contributed by atoms with Gasteiger partial charge < -0.3 is 0 Å². The van der Waals surface area contributed by atoms with Crippen LogP contribution in [0.25, 0.3) is 11.4 Å². The van der Waals surface area contributed by atoms with Gasteiger partial charge in [-0.3, -0.25) is 9.97 Å². The first-order chi connectivity index (χ1) is 7.77. The van der Waals surface area contributed by atoms with Crippen LogP contribution in [0.3, 0.4) is 0 Å². The van der Waals surface area contributed by atoms with E-state index in [0.717, 1.165) is 11.4 Å². The van der Waals surface area contributed by atoms with Crippen LogP contribution in [-0.4, -0.2) is 16.1 Å². The molecule has 0 unspecified atom stereocenters. The van der Waals surface area contributed by atoms with E-state index in [2.05, 4.69) is 9.97 Å². The summed E-state index contributed by atoms with van der Waals surface area (Å²) in [4.78, 5) is 24.7. The highest BCUT2D eigenvalue weighted by molar-refractivity contribution is 5.54. The molecule has 0 fully saturated rings. The lowest BCUT2D eigenvalue weighted by molar-refractivity contribution is -0.191. The van der Waals surface area contributed by atoms with Gasteiger partial charge in [0, 0.05) is 12.4 Å². The molecule has 2 aromatic heterocycles. The molecule has 4 nitrogen and oxygen atoms in total. The van der Waals surface area contributed by atoms with Gasteiger partial charge in [-0.25, -0.2) is 0 Å². The van der Waals surface area contributed by atoms with Crippen LogP contribution >= 0.6 is 0 Å². The summed E-state index contributed by atoms with van der Waals surface area (Å²) in [5.74, 6) is 0. The Hall–Kier alpha value is -2.32. The Morgan fingerprint density at radius 3 is 2.25 bits per heavy atom. The topological polar surface area (TPSA) is 59.9 Å². The first-order valence-electron chi connectivity index (χ1n) is 4.61. The summed E-state index contributed by atoms with van der Waals surface area (Å²) in [6.45, 7) is 2.05. The number of hydrogen-bond donors (Lipinski definition) is 0. The minimum atomic E-state index is 0.250. The van der Waals surface area contributed by atoms with Crippen LogP contribution in [0.4, 0.5) is 0 Å². The van der Waals surface area contributed by atoms with Crippen molar-refractivity contribution in [3.05, 3.63) is 48.3 Å². The van der Waals surface area contributed by atoms with E-state index < -0.39 is 0 Å². The molecule has 0 radical (unpaired) electrons. The maximum absolute atomic E-state index is 8.12. The molecule has 0 saturated carbocycles. The molecule has 0 amide bonds. The molecule has 0 N–H and O–H groups in total. The highest BCUT2D eigenvalue weighted by Crippen LogP contribution is 2.13. The molecule has 80 valence electrons. The first-order valence-corrected chi connectivity index (χ1v) is 4.61. The normalized spacial score (nSPS) is 8.56. The molecule has 2 heterocycles. The van der Waals surface area contributed by atoms with Gasteiger partial charge in [0.25, 0.3) is 0 Å². The van der Waals surface area contributed by atoms with Crippen LogP contribution in [0.15, 0.2) is 42.7 Å². The zero-order chi connectivity index (χ0) is 11.8. The fourth-order valence-electron chi connectivity index (χ4n) is 1.19. The zero-order valence-electron chi connectivity index (χ0n) is 8.75. The smallest absolute Gasteiger partial charge is 0.255 e. The van der Waals surface area contributed by atoms with E-state index in [-0.39, 0.29) is 6.15 Å². The van der Waals surface area contributed by atoms with Crippen molar-refractivity contribution in [3.63, 3.8) is 0 Å². The molecule has 16 heavy (non-hydrogen) atoms. The average molecular weight is 214 g/mol. The molecular weight excluding hydrogens is 204 g/mol. The molecule has 0 aromatic carbocycles. The van der Waals surface area contributed by atoms with Crippen molar-refractivity contribution in [2.24, 2.45) is 0 Å². The minimum Gasteiger partial charge on any atom is -0.255 e. The fourth-order valence-corrected chi connectivity index (χ4v) is 1.19. The lowest BCUT2D eigenvalue weighted by atomic mass is 10.2. The van der Waals surface area contributed by atoms with Crippen molar-refractivity contribution in [3.8, 4) is 11.4 Å². The monoisotopic (exact) mass is 214 g/mol. The molecule has 2 rings (SSSR count). The highest BCUT2D eigenvalue weighted by atomic mass is 16.2. The summed E-state index contributed by atoms with van der Waals surface area (Å²) in [5, 5.41) is 0. The fraction of sp³-hybridized carbons (Fsp3) is 0.0833. The highest BCUT2D eigenvalue weighted by Gasteiger charge is 1.97. The summed E-state index contributed by atoms with van der Waals surface area (Å²) in [7, 11) is 0. The largest absolute Gasteiger partial charge is 0.373 e. The average Bonchev–Trinajstić information content (AvgIpc) is 2.31. The molecule has 0 aliphatic carbocycles. The number of hydrogen-bond acceptors (Lipinski definition) is 4. The van der Waals surface area contributed by atoms with Crippen molar-refractivity contribution in [2.75, 3.05) is 0 Å². The Kier molecular flexibility index (Phi) is 4.57. The third-order valence-electron chi connectivity index (χ3n) is 1.84. The molecule has 4 heteroatoms. The van der Waals surface area contributed by atoms with Crippen molar-refractivity contribution >= 4 is 6.15 Å². The summed E-state index contributed by atoms with van der Waals surface area (Å²) in [5.41, 5.74) is 3.06. The van der Waals surface area contributed by atoms with E-state index in [9.17, 15) is 0 Å².